The van der Waals surface area contributed by atoms with Gasteiger partial charge in [0.05, 0.1) is 22.1 Å². The summed E-state index contributed by atoms with van der Waals surface area (Å²) in [5.74, 6) is 0.694. The van der Waals surface area contributed by atoms with E-state index in [4.69, 9.17) is 14.0 Å². The molecule has 3 N–H and O–H groups in total. The number of hydrogen-bond donors (Lipinski definition) is 3. The lowest BCUT2D eigenvalue weighted by molar-refractivity contribution is 0.217. The second-order valence-electron chi connectivity index (χ2n) is 9.48. The van der Waals surface area contributed by atoms with Crippen molar-refractivity contribution in [2.45, 2.75) is 25.8 Å². The van der Waals surface area contributed by atoms with Crippen molar-refractivity contribution in [2.24, 2.45) is 0 Å². The van der Waals surface area contributed by atoms with Gasteiger partial charge in [0.2, 0.25) is 14.3 Å². The number of halogens is 1. The number of benzene rings is 2. The smallest absolute Gasteiger partial charge is 0.231 e. The Morgan fingerprint density at radius 3 is 2.56 bits per heavy atom. The van der Waals surface area contributed by atoms with E-state index in [1.165, 1.54) is 6.07 Å². The van der Waals surface area contributed by atoms with Gasteiger partial charge in [-0.15, -0.1) is 0 Å². The minimum Gasteiger partial charge on any atom is -0.369 e. The maximum atomic E-state index is 15.2. The van der Waals surface area contributed by atoms with Gasteiger partial charge in [-0.2, -0.15) is 9.97 Å². The molecular weight excluding hydrogens is 516 g/mol. The predicted molar refractivity (Wildman–Crippen MR) is 157 cm³/mol. The molecule has 5 rings (SSSR count). The normalized spacial score (nSPS) is 14.5. The number of aromatic nitrogens is 3. The molecule has 9 nitrogen and oxygen atoms in total. The topological polar surface area (TPSA) is 90.6 Å². The van der Waals surface area contributed by atoms with Gasteiger partial charge in [0, 0.05) is 45.2 Å². The second kappa shape index (κ2) is 12.3. The van der Waals surface area contributed by atoms with E-state index >= 15 is 4.39 Å². The average Bonchev–Trinajstić information content (AvgIpc) is 3.43. The molecule has 1 saturated heterocycles. The first kappa shape index (κ1) is 27.3. The first-order chi connectivity index (χ1) is 19.0. The van der Waals surface area contributed by atoms with E-state index < -0.39 is 8.38 Å². The number of fused-ring (bicyclic) bond motifs is 1. The van der Waals surface area contributed by atoms with Crippen molar-refractivity contribution in [3.05, 3.63) is 60.5 Å². The van der Waals surface area contributed by atoms with Gasteiger partial charge in [0.15, 0.2) is 0 Å². The standard InChI is InChI=1S/C28H35FN7O2P/c1-5-35(2)20-13-16-36(17-14-20)24-11-10-19(18-22(24)29)31-28-33-26-21(12-15-30-26)27(34-28)32-23-8-6-7-9-25(23)39(37-3)38-4/h6-12,15,18,20H,5,13-14,16-17H2,1-4H3,(H3,30,31,32,33,34). The number of piperidine rings is 1. The predicted octanol–water partition coefficient (Wildman–Crippen LogP) is 5.73. The Morgan fingerprint density at radius 1 is 1.08 bits per heavy atom. The Balaban J connectivity index is 1.36. The van der Waals surface area contributed by atoms with Gasteiger partial charge in [0.1, 0.15) is 17.3 Å². The van der Waals surface area contributed by atoms with Gasteiger partial charge >= 0.3 is 0 Å². The molecule has 4 aromatic rings. The van der Waals surface area contributed by atoms with Crippen LogP contribution < -0.4 is 20.8 Å². The van der Waals surface area contributed by atoms with Crippen LogP contribution in [0.1, 0.15) is 19.8 Å². The summed E-state index contributed by atoms with van der Waals surface area (Å²) in [5, 5.41) is 8.32. The zero-order chi connectivity index (χ0) is 27.4. The lowest BCUT2D eigenvalue weighted by Gasteiger charge is -2.37. The molecule has 0 amide bonds. The Hall–Kier alpha value is -3.30. The van der Waals surface area contributed by atoms with Crippen LogP contribution in [-0.4, -0.2) is 66.8 Å². The third-order valence-corrected chi connectivity index (χ3v) is 8.68. The number of rotatable bonds is 10. The molecule has 39 heavy (non-hydrogen) atoms. The summed E-state index contributed by atoms with van der Waals surface area (Å²) < 4.78 is 26.3. The van der Waals surface area contributed by atoms with Crippen molar-refractivity contribution in [2.75, 3.05) is 56.4 Å². The summed E-state index contributed by atoms with van der Waals surface area (Å²) in [6, 6.07) is 15.5. The minimum atomic E-state index is -1.24. The minimum absolute atomic E-state index is 0.261. The summed E-state index contributed by atoms with van der Waals surface area (Å²) in [6.07, 6.45) is 3.88. The Morgan fingerprint density at radius 2 is 1.85 bits per heavy atom. The maximum absolute atomic E-state index is 15.2. The molecule has 0 aliphatic carbocycles. The molecular formula is C28H35FN7O2P. The molecule has 1 aliphatic rings. The summed E-state index contributed by atoms with van der Waals surface area (Å²) in [5.41, 5.74) is 2.69. The lowest BCUT2D eigenvalue weighted by atomic mass is 10.0. The van der Waals surface area contributed by atoms with Crippen molar-refractivity contribution in [1.82, 2.24) is 19.9 Å². The summed E-state index contributed by atoms with van der Waals surface area (Å²) in [7, 11) is 4.16. The number of nitrogens with zero attached hydrogens (tertiary/aromatic N) is 4. The fraction of sp³-hybridized carbons (Fsp3) is 0.357. The molecule has 0 bridgehead atoms. The number of para-hydroxylation sites is 1. The highest BCUT2D eigenvalue weighted by atomic mass is 31.2. The van der Waals surface area contributed by atoms with Crippen LogP contribution in [0.2, 0.25) is 0 Å². The summed E-state index contributed by atoms with van der Waals surface area (Å²) >= 11 is 0. The molecule has 3 heterocycles. The van der Waals surface area contributed by atoms with E-state index in [1.807, 2.05) is 48.7 Å². The molecule has 11 heteroatoms. The Kier molecular flexibility index (Phi) is 8.57. The van der Waals surface area contributed by atoms with Crippen LogP contribution in [0.15, 0.2) is 54.7 Å². The van der Waals surface area contributed by atoms with Gasteiger partial charge in [-0.05, 0) is 62.8 Å². The number of hydrogen-bond acceptors (Lipinski definition) is 8. The molecule has 0 spiro atoms. The van der Waals surface area contributed by atoms with E-state index in [2.05, 4.69) is 44.4 Å². The van der Waals surface area contributed by atoms with Crippen molar-refractivity contribution in [3.63, 3.8) is 0 Å². The van der Waals surface area contributed by atoms with Crippen LogP contribution in [0.3, 0.4) is 0 Å². The van der Waals surface area contributed by atoms with Crippen LogP contribution in [0.4, 0.5) is 33.2 Å². The molecule has 0 radical (unpaired) electrons. The third kappa shape index (κ3) is 5.99. The molecule has 1 aliphatic heterocycles. The van der Waals surface area contributed by atoms with Gasteiger partial charge in [0.25, 0.3) is 0 Å². The highest BCUT2D eigenvalue weighted by Crippen LogP contribution is 2.38. The van der Waals surface area contributed by atoms with Gasteiger partial charge in [-0.1, -0.05) is 19.1 Å². The van der Waals surface area contributed by atoms with Gasteiger partial charge in [-0.3, -0.25) is 0 Å². The van der Waals surface area contributed by atoms with E-state index in [0.717, 1.165) is 48.9 Å². The number of H-pyrrole nitrogens is 1. The highest BCUT2D eigenvalue weighted by molar-refractivity contribution is 7.56. The lowest BCUT2D eigenvalue weighted by Crippen LogP contribution is -2.43. The fourth-order valence-corrected chi connectivity index (χ4v) is 6.08. The van der Waals surface area contributed by atoms with Crippen LogP contribution in [0, 0.1) is 5.82 Å². The quantitative estimate of drug-likeness (QED) is 0.215. The van der Waals surface area contributed by atoms with Crippen molar-refractivity contribution in [1.29, 1.82) is 0 Å². The molecule has 2 aromatic heterocycles. The molecule has 2 aromatic carbocycles. The van der Waals surface area contributed by atoms with Crippen molar-refractivity contribution >= 4 is 53.5 Å². The Labute approximate surface area is 229 Å². The zero-order valence-corrected chi connectivity index (χ0v) is 23.6. The molecule has 0 unspecified atom stereocenters. The van der Waals surface area contributed by atoms with Crippen molar-refractivity contribution < 1.29 is 13.4 Å². The first-order valence-corrected chi connectivity index (χ1v) is 14.3. The number of nitrogens with one attached hydrogen (secondary N) is 3. The average molecular weight is 552 g/mol. The van der Waals surface area contributed by atoms with Crippen molar-refractivity contribution in [3.8, 4) is 0 Å². The molecule has 1 fully saturated rings. The van der Waals surface area contributed by atoms with Crippen LogP contribution in [0.5, 0.6) is 0 Å². The second-order valence-corrected chi connectivity index (χ2v) is 11.2. The molecule has 206 valence electrons. The third-order valence-electron chi connectivity index (χ3n) is 7.23. The van der Waals surface area contributed by atoms with Crippen LogP contribution in [0.25, 0.3) is 11.0 Å². The Bertz CT molecular complexity index is 1410. The van der Waals surface area contributed by atoms with E-state index in [1.54, 1.807) is 14.2 Å². The maximum Gasteiger partial charge on any atom is 0.231 e. The summed E-state index contributed by atoms with van der Waals surface area (Å²) in [6.45, 7) is 4.89. The number of aromatic amines is 1. The van der Waals surface area contributed by atoms with Crippen LogP contribution in [-0.2, 0) is 9.05 Å². The monoisotopic (exact) mass is 551 g/mol. The zero-order valence-electron chi connectivity index (χ0n) is 22.7. The summed E-state index contributed by atoms with van der Waals surface area (Å²) in [4.78, 5) is 17.0. The SMILES string of the molecule is CCN(C)C1CCN(c2ccc(Nc3nc(Nc4ccccc4P(OC)OC)c4cc[nH]c4n3)cc2F)CC1. The molecule has 0 atom stereocenters. The molecule has 0 saturated carbocycles. The van der Waals surface area contributed by atoms with Gasteiger partial charge in [-0.25, -0.2) is 4.39 Å². The number of anilines is 5. The van der Waals surface area contributed by atoms with Crippen LogP contribution >= 0.6 is 8.38 Å². The largest absolute Gasteiger partial charge is 0.369 e. The highest BCUT2D eigenvalue weighted by Gasteiger charge is 2.23. The van der Waals surface area contributed by atoms with Gasteiger partial charge < -0.3 is 34.5 Å². The van der Waals surface area contributed by atoms with E-state index in [0.29, 0.717) is 34.8 Å². The van der Waals surface area contributed by atoms with E-state index in [9.17, 15) is 0 Å². The van der Waals surface area contributed by atoms with E-state index in [-0.39, 0.29) is 5.82 Å². The first-order valence-electron chi connectivity index (χ1n) is 13.1. The fourth-order valence-electron chi connectivity index (χ4n) is 5.01.